The monoisotopic (exact) mass is 317 g/mol. The highest BCUT2D eigenvalue weighted by molar-refractivity contribution is 9.10. The quantitative estimate of drug-likeness (QED) is 0.820. The van der Waals surface area contributed by atoms with Crippen molar-refractivity contribution >= 4 is 33.4 Å². The molecule has 17 heavy (non-hydrogen) atoms. The zero-order valence-electron chi connectivity index (χ0n) is 10.1. The van der Waals surface area contributed by atoms with Gasteiger partial charge in [-0.25, -0.2) is 0 Å². The van der Waals surface area contributed by atoms with Crippen LogP contribution in [0.3, 0.4) is 0 Å². The zero-order valence-corrected chi connectivity index (χ0v) is 12.4. The minimum absolute atomic E-state index is 0.0106. The van der Waals surface area contributed by atoms with Crippen molar-refractivity contribution in [2.45, 2.75) is 32.1 Å². The molecule has 0 aromatic heterocycles. The molecule has 0 saturated carbocycles. The number of carbonyl (C=O) groups is 1. The molecule has 1 unspecified atom stereocenters. The normalized spacial score (nSPS) is 12.2. The molecule has 1 aromatic carbocycles. The summed E-state index contributed by atoms with van der Waals surface area (Å²) in [7, 11) is 0. The van der Waals surface area contributed by atoms with Gasteiger partial charge in [-0.2, -0.15) is 0 Å². The van der Waals surface area contributed by atoms with Crippen LogP contribution < -0.4 is 5.32 Å². The van der Waals surface area contributed by atoms with Gasteiger partial charge in [0.2, 0.25) is 0 Å². The molecule has 1 N–H and O–H groups in total. The average Bonchev–Trinajstić information content (AvgIpc) is 2.29. The number of aryl methyl sites for hydroxylation is 1. The van der Waals surface area contributed by atoms with Crippen molar-refractivity contribution in [2.24, 2.45) is 0 Å². The molecule has 2 nitrogen and oxygen atoms in total. The van der Waals surface area contributed by atoms with Gasteiger partial charge in [-0.3, -0.25) is 4.79 Å². The van der Waals surface area contributed by atoms with E-state index in [4.69, 9.17) is 11.6 Å². The third-order valence-electron chi connectivity index (χ3n) is 2.53. The second-order valence-electron chi connectivity index (χ2n) is 4.06. The fourth-order valence-electron chi connectivity index (χ4n) is 1.55. The lowest BCUT2D eigenvalue weighted by Gasteiger charge is -2.11. The van der Waals surface area contributed by atoms with Crippen molar-refractivity contribution in [3.8, 4) is 0 Å². The van der Waals surface area contributed by atoms with Gasteiger partial charge >= 0.3 is 0 Å². The number of nitrogens with one attached hydrogen (secondary N) is 1. The Hall–Kier alpha value is -0.540. The van der Waals surface area contributed by atoms with Gasteiger partial charge in [0.1, 0.15) is 0 Å². The minimum Gasteiger partial charge on any atom is -0.351 e. The molecule has 0 aliphatic heterocycles. The van der Waals surface area contributed by atoms with Gasteiger partial charge in [0.25, 0.3) is 5.91 Å². The van der Waals surface area contributed by atoms with Crippen molar-refractivity contribution in [1.82, 2.24) is 5.32 Å². The molecule has 4 heteroatoms. The van der Waals surface area contributed by atoms with Crippen molar-refractivity contribution in [3.63, 3.8) is 0 Å². The molecule has 0 radical (unpaired) electrons. The summed E-state index contributed by atoms with van der Waals surface area (Å²) in [6.07, 6.45) is 1.94. The molecule has 1 amide bonds. The number of rotatable bonds is 5. The van der Waals surface area contributed by atoms with E-state index in [-0.39, 0.29) is 11.3 Å². The molecule has 0 saturated heterocycles. The van der Waals surface area contributed by atoms with Crippen LogP contribution in [0.1, 0.15) is 35.7 Å². The maximum atomic E-state index is 11.9. The molecule has 1 atom stereocenters. The molecule has 0 aliphatic rings. The van der Waals surface area contributed by atoms with Crippen LogP contribution in [0.2, 0.25) is 0 Å². The summed E-state index contributed by atoms with van der Waals surface area (Å²) in [5.74, 6) is -0.0643. The lowest BCUT2D eigenvalue weighted by molar-refractivity contribution is 0.0952. The van der Waals surface area contributed by atoms with E-state index in [1.165, 1.54) is 0 Å². The van der Waals surface area contributed by atoms with Crippen LogP contribution in [0.5, 0.6) is 0 Å². The second-order valence-corrected chi connectivity index (χ2v) is 5.59. The van der Waals surface area contributed by atoms with Crippen LogP contribution >= 0.6 is 27.5 Å². The average molecular weight is 319 g/mol. The Morgan fingerprint density at radius 1 is 1.53 bits per heavy atom. The molecule has 0 aliphatic carbocycles. The number of halogens is 2. The second kappa shape index (κ2) is 7.02. The number of alkyl halides is 1. The zero-order chi connectivity index (χ0) is 12.8. The van der Waals surface area contributed by atoms with Gasteiger partial charge in [-0.05, 0) is 31.0 Å². The fraction of sp³-hybridized carbons (Fsp3) is 0.462. The van der Waals surface area contributed by atoms with Crippen molar-refractivity contribution < 1.29 is 4.79 Å². The van der Waals surface area contributed by atoms with E-state index >= 15 is 0 Å². The Labute approximate surface area is 116 Å². The highest BCUT2D eigenvalue weighted by atomic mass is 79.9. The standard InChI is InChI=1S/C13H17BrClNO/c1-3-4-11(15)8-16-13(17)12-7-10(14)6-5-9(12)2/h5-7,11H,3-4,8H2,1-2H3,(H,16,17). The van der Waals surface area contributed by atoms with Gasteiger partial charge in [0, 0.05) is 16.6 Å². The lowest BCUT2D eigenvalue weighted by atomic mass is 10.1. The molecule has 0 heterocycles. The largest absolute Gasteiger partial charge is 0.351 e. The van der Waals surface area contributed by atoms with Crippen LogP contribution in [0.15, 0.2) is 22.7 Å². The van der Waals surface area contributed by atoms with Crippen molar-refractivity contribution in [2.75, 3.05) is 6.54 Å². The fourth-order valence-corrected chi connectivity index (χ4v) is 2.21. The summed E-state index contributed by atoms with van der Waals surface area (Å²) < 4.78 is 0.907. The number of hydrogen-bond acceptors (Lipinski definition) is 1. The molecular formula is C13H17BrClNO. The highest BCUT2D eigenvalue weighted by Gasteiger charge is 2.11. The molecule has 0 spiro atoms. The molecule has 1 rings (SSSR count). The third kappa shape index (κ3) is 4.68. The van der Waals surface area contributed by atoms with E-state index in [0.29, 0.717) is 12.1 Å². The predicted molar refractivity (Wildman–Crippen MR) is 75.8 cm³/mol. The number of benzene rings is 1. The third-order valence-corrected chi connectivity index (χ3v) is 3.40. The topological polar surface area (TPSA) is 29.1 Å². The van der Waals surface area contributed by atoms with Crippen LogP contribution in [-0.2, 0) is 0 Å². The van der Waals surface area contributed by atoms with E-state index in [0.717, 1.165) is 22.9 Å². The highest BCUT2D eigenvalue weighted by Crippen LogP contribution is 2.16. The first kappa shape index (κ1) is 14.5. The first-order valence-corrected chi connectivity index (χ1v) is 6.96. The smallest absolute Gasteiger partial charge is 0.251 e. The van der Waals surface area contributed by atoms with Gasteiger partial charge in [0.15, 0.2) is 0 Å². The minimum atomic E-state index is -0.0643. The summed E-state index contributed by atoms with van der Waals surface area (Å²) in [6, 6.07) is 5.67. The first-order valence-electron chi connectivity index (χ1n) is 5.73. The summed E-state index contributed by atoms with van der Waals surface area (Å²) in [4.78, 5) is 11.9. The van der Waals surface area contributed by atoms with Crippen LogP contribution in [0.25, 0.3) is 0 Å². The van der Waals surface area contributed by atoms with Crippen LogP contribution in [0, 0.1) is 6.92 Å². The van der Waals surface area contributed by atoms with Gasteiger partial charge in [-0.1, -0.05) is 35.3 Å². The Morgan fingerprint density at radius 3 is 2.88 bits per heavy atom. The number of amides is 1. The van der Waals surface area contributed by atoms with Crippen molar-refractivity contribution in [1.29, 1.82) is 0 Å². The predicted octanol–water partition coefficient (Wildman–Crippen LogP) is 3.89. The Morgan fingerprint density at radius 2 is 2.24 bits per heavy atom. The van der Waals surface area contributed by atoms with E-state index in [2.05, 4.69) is 28.2 Å². The first-order chi connectivity index (χ1) is 8.04. The van der Waals surface area contributed by atoms with Gasteiger partial charge in [0.05, 0.1) is 5.38 Å². The molecule has 0 bridgehead atoms. The van der Waals surface area contributed by atoms with Crippen LogP contribution in [0.4, 0.5) is 0 Å². The van der Waals surface area contributed by atoms with Crippen LogP contribution in [-0.4, -0.2) is 17.8 Å². The Bertz CT molecular complexity index is 395. The summed E-state index contributed by atoms with van der Waals surface area (Å²) in [5, 5.41) is 2.87. The Kier molecular flexibility index (Phi) is 6.00. The maximum Gasteiger partial charge on any atom is 0.251 e. The molecule has 1 aromatic rings. The van der Waals surface area contributed by atoms with E-state index in [1.54, 1.807) is 0 Å². The van der Waals surface area contributed by atoms with Crippen molar-refractivity contribution in [3.05, 3.63) is 33.8 Å². The summed E-state index contributed by atoms with van der Waals surface area (Å²) in [6.45, 7) is 4.52. The van der Waals surface area contributed by atoms with E-state index in [9.17, 15) is 4.79 Å². The summed E-state index contributed by atoms with van der Waals surface area (Å²) in [5.41, 5.74) is 1.66. The van der Waals surface area contributed by atoms with Gasteiger partial charge < -0.3 is 5.32 Å². The molecule has 0 fully saturated rings. The SMILES string of the molecule is CCCC(Cl)CNC(=O)c1cc(Br)ccc1C. The van der Waals surface area contributed by atoms with Gasteiger partial charge in [-0.15, -0.1) is 11.6 Å². The lowest BCUT2D eigenvalue weighted by Crippen LogP contribution is -2.30. The number of carbonyl (C=O) groups excluding carboxylic acids is 1. The number of hydrogen-bond donors (Lipinski definition) is 1. The van der Waals surface area contributed by atoms with E-state index in [1.807, 2.05) is 25.1 Å². The molecular weight excluding hydrogens is 302 g/mol. The summed E-state index contributed by atoms with van der Waals surface area (Å²) >= 11 is 9.42. The Balaban J connectivity index is 2.61. The molecule has 94 valence electrons. The van der Waals surface area contributed by atoms with E-state index < -0.39 is 0 Å². The maximum absolute atomic E-state index is 11.9.